The summed E-state index contributed by atoms with van der Waals surface area (Å²) in [5.41, 5.74) is 1.02. The molecule has 0 radical (unpaired) electrons. The van der Waals surface area contributed by atoms with Gasteiger partial charge < -0.3 is 15.3 Å². The SMILES string of the molecule is CCCC(NC(=O)N(CC)Cc1ccccc1)C(=O)O. The summed E-state index contributed by atoms with van der Waals surface area (Å²) < 4.78 is 0. The first-order valence-corrected chi connectivity index (χ1v) is 6.90. The molecule has 1 rings (SSSR count). The lowest BCUT2D eigenvalue weighted by Crippen LogP contribution is -2.47. The van der Waals surface area contributed by atoms with Crippen LogP contribution in [0.2, 0.25) is 0 Å². The zero-order chi connectivity index (χ0) is 15.0. The van der Waals surface area contributed by atoms with E-state index < -0.39 is 12.0 Å². The zero-order valence-electron chi connectivity index (χ0n) is 12.0. The fraction of sp³-hybridized carbons (Fsp3) is 0.467. The van der Waals surface area contributed by atoms with Crippen LogP contribution in [0.4, 0.5) is 4.79 Å². The second-order valence-electron chi connectivity index (χ2n) is 4.63. The fourth-order valence-corrected chi connectivity index (χ4v) is 1.92. The second kappa shape index (κ2) is 8.19. The van der Waals surface area contributed by atoms with Crippen molar-refractivity contribution in [2.24, 2.45) is 0 Å². The molecule has 0 bridgehead atoms. The number of urea groups is 1. The number of carbonyl (C=O) groups excluding carboxylic acids is 1. The standard InChI is InChI=1S/C15H22N2O3/c1-3-8-13(14(18)19)16-15(20)17(4-2)11-12-9-6-5-7-10-12/h5-7,9-10,13H,3-4,8,11H2,1-2H3,(H,16,20)(H,18,19). The number of carbonyl (C=O) groups is 2. The van der Waals surface area contributed by atoms with Gasteiger partial charge in [-0.2, -0.15) is 0 Å². The van der Waals surface area contributed by atoms with Crippen molar-refractivity contribution in [2.75, 3.05) is 6.54 Å². The van der Waals surface area contributed by atoms with Crippen molar-refractivity contribution in [3.05, 3.63) is 35.9 Å². The van der Waals surface area contributed by atoms with E-state index in [9.17, 15) is 9.59 Å². The van der Waals surface area contributed by atoms with Crippen LogP contribution in [-0.4, -0.2) is 34.6 Å². The molecule has 1 unspecified atom stereocenters. The Hall–Kier alpha value is -2.04. The molecule has 0 aliphatic carbocycles. The number of rotatable bonds is 7. The van der Waals surface area contributed by atoms with Crippen molar-refractivity contribution in [3.63, 3.8) is 0 Å². The maximum atomic E-state index is 12.1. The van der Waals surface area contributed by atoms with E-state index in [4.69, 9.17) is 5.11 Å². The molecule has 110 valence electrons. The molecule has 0 heterocycles. The zero-order valence-corrected chi connectivity index (χ0v) is 12.0. The molecule has 20 heavy (non-hydrogen) atoms. The molecule has 0 spiro atoms. The van der Waals surface area contributed by atoms with Crippen LogP contribution in [-0.2, 0) is 11.3 Å². The molecular formula is C15H22N2O3. The number of amides is 2. The predicted octanol–water partition coefficient (Wildman–Crippen LogP) is 2.47. The van der Waals surface area contributed by atoms with Gasteiger partial charge in [-0.05, 0) is 18.9 Å². The molecule has 5 nitrogen and oxygen atoms in total. The quantitative estimate of drug-likeness (QED) is 0.805. The van der Waals surface area contributed by atoms with Gasteiger partial charge in [-0.1, -0.05) is 43.7 Å². The van der Waals surface area contributed by atoms with Gasteiger partial charge in [0.05, 0.1) is 0 Å². The molecule has 5 heteroatoms. The second-order valence-corrected chi connectivity index (χ2v) is 4.63. The molecule has 0 aliphatic heterocycles. The van der Waals surface area contributed by atoms with Gasteiger partial charge in [-0.25, -0.2) is 9.59 Å². The number of carboxylic acid groups (broad SMARTS) is 1. The van der Waals surface area contributed by atoms with E-state index in [0.29, 0.717) is 25.9 Å². The van der Waals surface area contributed by atoms with Crippen LogP contribution >= 0.6 is 0 Å². The highest BCUT2D eigenvalue weighted by atomic mass is 16.4. The Balaban J connectivity index is 2.64. The highest BCUT2D eigenvalue weighted by Crippen LogP contribution is 2.06. The number of benzene rings is 1. The summed E-state index contributed by atoms with van der Waals surface area (Å²) in [6.07, 6.45) is 1.14. The van der Waals surface area contributed by atoms with Crippen molar-refractivity contribution in [1.29, 1.82) is 0 Å². The van der Waals surface area contributed by atoms with E-state index in [0.717, 1.165) is 5.56 Å². The lowest BCUT2D eigenvalue weighted by atomic mass is 10.1. The molecule has 0 saturated carbocycles. The van der Waals surface area contributed by atoms with Gasteiger partial charge in [0, 0.05) is 13.1 Å². The molecule has 1 aromatic carbocycles. The van der Waals surface area contributed by atoms with Gasteiger partial charge in [0.1, 0.15) is 6.04 Å². The molecule has 0 aliphatic rings. The van der Waals surface area contributed by atoms with Crippen molar-refractivity contribution in [2.45, 2.75) is 39.3 Å². The van der Waals surface area contributed by atoms with Crippen LogP contribution in [0.5, 0.6) is 0 Å². The van der Waals surface area contributed by atoms with Crippen molar-refractivity contribution in [3.8, 4) is 0 Å². The normalized spacial score (nSPS) is 11.7. The minimum atomic E-state index is -0.990. The van der Waals surface area contributed by atoms with E-state index in [2.05, 4.69) is 5.32 Å². The van der Waals surface area contributed by atoms with Crippen LogP contribution in [0.1, 0.15) is 32.3 Å². The molecule has 2 amide bonds. The van der Waals surface area contributed by atoms with Crippen molar-refractivity contribution >= 4 is 12.0 Å². The highest BCUT2D eigenvalue weighted by molar-refractivity contribution is 5.82. The number of hydrogen-bond acceptors (Lipinski definition) is 2. The Morgan fingerprint density at radius 3 is 2.40 bits per heavy atom. The Kier molecular flexibility index (Phi) is 6.56. The first kappa shape index (κ1) is 16.0. The average molecular weight is 278 g/mol. The lowest BCUT2D eigenvalue weighted by molar-refractivity contribution is -0.139. The fourth-order valence-electron chi connectivity index (χ4n) is 1.92. The molecule has 0 fully saturated rings. The minimum absolute atomic E-state index is 0.336. The summed E-state index contributed by atoms with van der Waals surface area (Å²) in [5, 5.41) is 11.6. The monoisotopic (exact) mass is 278 g/mol. The molecular weight excluding hydrogens is 256 g/mol. The minimum Gasteiger partial charge on any atom is -0.480 e. The Labute approximate surface area is 119 Å². The number of hydrogen-bond donors (Lipinski definition) is 2. The van der Waals surface area contributed by atoms with Gasteiger partial charge in [0.15, 0.2) is 0 Å². The number of carboxylic acids is 1. The van der Waals surface area contributed by atoms with E-state index in [-0.39, 0.29) is 6.03 Å². The van der Waals surface area contributed by atoms with Crippen molar-refractivity contribution in [1.82, 2.24) is 10.2 Å². The highest BCUT2D eigenvalue weighted by Gasteiger charge is 2.21. The molecule has 2 N–H and O–H groups in total. The molecule has 0 aromatic heterocycles. The summed E-state index contributed by atoms with van der Waals surface area (Å²) in [6, 6.07) is 8.47. The van der Waals surface area contributed by atoms with Gasteiger partial charge in [0.2, 0.25) is 0 Å². The van der Waals surface area contributed by atoms with E-state index in [1.165, 1.54) is 0 Å². The molecule has 0 saturated heterocycles. The first-order valence-electron chi connectivity index (χ1n) is 6.90. The van der Waals surface area contributed by atoms with Crippen LogP contribution in [0, 0.1) is 0 Å². The molecule has 1 aromatic rings. The topological polar surface area (TPSA) is 69.6 Å². The third-order valence-corrected chi connectivity index (χ3v) is 3.06. The van der Waals surface area contributed by atoms with Crippen LogP contribution in [0.25, 0.3) is 0 Å². The van der Waals surface area contributed by atoms with E-state index in [1.54, 1.807) is 4.90 Å². The average Bonchev–Trinajstić information content (AvgIpc) is 2.45. The largest absolute Gasteiger partial charge is 0.480 e. The van der Waals surface area contributed by atoms with Gasteiger partial charge in [-0.3, -0.25) is 0 Å². The smallest absolute Gasteiger partial charge is 0.326 e. The summed E-state index contributed by atoms with van der Waals surface area (Å²) in [4.78, 5) is 24.8. The Morgan fingerprint density at radius 2 is 1.90 bits per heavy atom. The maximum absolute atomic E-state index is 12.1. The Bertz CT molecular complexity index is 434. The number of aliphatic carboxylic acids is 1. The maximum Gasteiger partial charge on any atom is 0.326 e. The third kappa shape index (κ3) is 4.91. The third-order valence-electron chi connectivity index (χ3n) is 3.06. The van der Waals surface area contributed by atoms with Crippen molar-refractivity contribution < 1.29 is 14.7 Å². The Morgan fingerprint density at radius 1 is 1.25 bits per heavy atom. The van der Waals surface area contributed by atoms with Gasteiger partial charge in [0.25, 0.3) is 0 Å². The van der Waals surface area contributed by atoms with Crippen LogP contribution in [0.15, 0.2) is 30.3 Å². The first-order chi connectivity index (χ1) is 9.58. The van der Waals surface area contributed by atoms with Crippen LogP contribution in [0.3, 0.4) is 0 Å². The summed E-state index contributed by atoms with van der Waals surface area (Å²) >= 11 is 0. The summed E-state index contributed by atoms with van der Waals surface area (Å²) in [5.74, 6) is -0.990. The number of nitrogens with one attached hydrogen (secondary N) is 1. The van der Waals surface area contributed by atoms with E-state index in [1.807, 2.05) is 44.2 Å². The molecule has 1 atom stereocenters. The van der Waals surface area contributed by atoms with E-state index >= 15 is 0 Å². The summed E-state index contributed by atoms with van der Waals surface area (Å²) in [7, 11) is 0. The lowest BCUT2D eigenvalue weighted by Gasteiger charge is -2.24. The predicted molar refractivity (Wildman–Crippen MR) is 77.4 cm³/mol. The van der Waals surface area contributed by atoms with Gasteiger partial charge >= 0.3 is 12.0 Å². The number of nitrogens with zero attached hydrogens (tertiary/aromatic N) is 1. The van der Waals surface area contributed by atoms with Crippen LogP contribution < -0.4 is 5.32 Å². The van der Waals surface area contributed by atoms with Gasteiger partial charge in [-0.15, -0.1) is 0 Å². The summed E-state index contributed by atoms with van der Waals surface area (Å²) in [6.45, 7) is 4.77.